The highest BCUT2D eigenvalue weighted by molar-refractivity contribution is 9.10. The lowest BCUT2D eigenvalue weighted by molar-refractivity contribution is -0.127. The fraction of sp³-hybridized carbons (Fsp3) is 0.0455. The molecule has 168 valence electrons. The topological polar surface area (TPSA) is 79.6 Å². The van der Waals surface area contributed by atoms with Gasteiger partial charge in [-0.25, -0.2) is 4.39 Å². The average molecular weight is 568 g/mol. The molecule has 4 rings (SSSR count). The molecule has 3 amide bonds. The van der Waals surface area contributed by atoms with Crippen molar-refractivity contribution in [2.45, 2.75) is 9.99 Å². The minimum absolute atomic E-state index is 0.0313. The van der Waals surface area contributed by atoms with Crippen LogP contribution in [0, 0.1) is 5.82 Å². The third kappa shape index (κ3) is 5.70. The van der Waals surface area contributed by atoms with Crippen molar-refractivity contribution >= 4 is 79.9 Å². The maximum absolute atomic E-state index is 13.7. The Morgan fingerprint density at radius 3 is 2.67 bits per heavy atom. The Bertz CT molecular complexity index is 1280. The molecule has 0 atom stereocenters. The van der Waals surface area contributed by atoms with Gasteiger partial charge in [-0.3, -0.25) is 19.3 Å². The van der Waals surface area contributed by atoms with E-state index in [2.05, 4.69) is 21.2 Å². The number of furan rings is 1. The second-order valence-electron chi connectivity index (χ2n) is 6.64. The van der Waals surface area contributed by atoms with Gasteiger partial charge in [0.15, 0.2) is 5.09 Å². The molecule has 0 unspecified atom stereocenters. The first-order valence-corrected chi connectivity index (χ1v) is 12.1. The first-order valence-electron chi connectivity index (χ1n) is 9.32. The number of thioether (sulfide) groups is 1. The van der Waals surface area contributed by atoms with Crippen LogP contribution < -0.4 is 5.32 Å². The number of nitrogens with one attached hydrogen (secondary N) is 1. The van der Waals surface area contributed by atoms with Gasteiger partial charge >= 0.3 is 0 Å². The summed E-state index contributed by atoms with van der Waals surface area (Å²) in [6.07, 6.45) is 1.44. The molecular weight excluding hydrogens is 555 g/mol. The Balaban J connectivity index is 1.44. The SMILES string of the molecule is O=C(CN1C(=O)S/C(=C\c2cc(Br)c(Sc3ccc(Cl)cc3)o2)C1=O)Nc1ccccc1F. The monoisotopic (exact) mass is 566 g/mol. The van der Waals surface area contributed by atoms with Crippen LogP contribution in [0.25, 0.3) is 6.08 Å². The number of hydrogen-bond donors (Lipinski definition) is 1. The number of para-hydroxylation sites is 1. The molecule has 2 heterocycles. The molecule has 0 saturated carbocycles. The molecule has 1 aliphatic rings. The molecule has 1 fully saturated rings. The van der Waals surface area contributed by atoms with Crippen LogP contribution in [0.1, 0.15) is 5.76 Å². The van der Waals surface area contributed by atoms with Gasteiger partial charge in [-0.15, -0.1) is 0 Å². The van der Waals surface area contributed by atoms with E-state index < -0.39 is 29.4 Å². The first-order chi connectivity index (χ1) is 15.8. The number of imide groups is 1. The molecule has 1 saturated heterocycles. The van der Waals surface area contributed by atoms with Crippen molar-refractivity contribution in [1.82, 2.24) is 4.90 Å². The van der Waals surface area contributed by atoms with Crippen LogP contribution in [0.3, 0.4) is 0 Å². The van der Waals surface area contributed by atoms with Crippen LogP contribution in [-0.2, 0) is 9.59 Å². The molecule has 0 aliphatic carbocycles. The van der Waals surface area contributed by atoms with Crippen molar-refractivity contribution in [2.24, 2.45) is 0 Å². The maximum atomic E-state index is 13.7. The van der Waals surface area contributed by atoms with Gasteiger partial charge in [-0.1, -0.05) is 35.5 Å². The van der Waals surface area contributed by atoms with E-state index in [1.165, 1.54) is 36.0 Å². The molecule has 0 spiro atoms. The molecule has 3 aromatic rings. The van der Waals surface area contributed by atoms with Crippen molar-refractivity contribution in [1.29, 1.82) is 0 Å². The van der Waals surface area contributed by atoms with Crippen molar-refractivity contribution < 1.29 is 23.2 Å². The smallest absolute Gasteiger partial charge is 0.294 e. The molecule has 1 N–H and O–H groups in total. The maximum Gasteiger partial charge on any atom is 0.294 e. The number of amides is 3. The molecule has 2 aromatic carbocycles. The summed E-state index contributed by atoms with van der Waals surface area (Å²) in [5.41, 5.74) is -0.0313. The fourth-order valence-corrected chi connectivity index (χ4v) is 5.06. The molecule has 0 radical (unpaired) electrons. The molecular formula is C22H13BrClFN2O4S2. The third-order valence-corrected chi connectivity index (χ3v) is 7.30. The van der Waals surface area contributed by atoms with E-state index in [-0.39, 0.29) is 10.6 Å². The Labute approximate surface area is 209 Å². The van der Waals surface area contributed by atoms with Gasteiger partial charge in [0.25, 0.3) is 11.1 Å². The zero-order chi connectivity index (χ0) is 23.5. The number of carbonyl (C=O) groups excluding carboxylic acids is 3. The lowest BCUT2D eigenvalue weighted by atomic mass is 10.3. The number of hydrogen-bond acceptors (Lipinski definition) is 6. The summed E-state index contributed by atoms with van der Waals surface area (Å²) in [6, 6.07) is 14.5. The summed E-state index contributed by atoms with van der Waals surface area (Å²) >= 11 is 11.4. The average Bonchev–Trinajstić information content (AvgIpc) is 3.24. The van der Waals surface area contributed by atoms with Crippen molar-refractivity contribution in [3.05, 3.63) is 80.6 Å². The zero-order valence-corrected chi connectivity index (χ0v) is 20.5. The van der Waals surface area contributed by atoms with Gasteiger partial charge in [-0.05, 0) is 70.2 Å². The van der Waals surface area contributed by atoms with E-state index in [1.807, 2.05) is 12.1 Å². The van der Waals surface area contributed by atoms with E-state index in [4.69, 9.17) is 16.0 Å². The van der Waals surface area contributed by atoms with Gasteiger partial charge in [-0.2, -0.15) is 0 Å². The molecule has 6 nitrogen and oxygen atoms in total. The highest BCUT2D eigenvalue weighted by Gasteiger charge is 2.36. The van der Waals surface area contributed by atoms with Gasteiger partial charge in [0.1, 0.15) is 18.1 Å². The van der Waals surface area contributed by atoms with E-state index in [9.17, 15) is 18.8 Å². The second-order valence-corrected chi connectivity index (χ2v) is 9.97. The third-order valence-electron chi connectivity index (χ3n) is 4.30. The second kappa shape index (κ2) is 10.2. The predicted molar refractivity (Wildman–Crippen MR) is 130 cm³/mol. The summed E-state index contributed by atoms with van der Waals surface area (Å²) in [5.74, 6) is -1.57. The van der Waals surface area contributed by atoms with Crippen molar-refractivity contribution in [3.8, 4) is 0 Å². The number of rotatable bonds is 6. The van der Waals surface area contributed by atoms with Gasteiger partial charge < -0.3 is 9.73 Å². The number of carbonyl (C=O) groups is 3. The van der Waals surface area contributed by atoms with E-state index in [1.54, 1.807) is 24.3 Å². The lowest BCUT2D eigenvalue weighted by Crippen LogP contribution is -2.36. The largest absolute Gasteiger partial charge is 0.449 e. The van der Waals surface area contributed by atoms with Crippen LogP contribution in [0.15, 0.2) is 78.4 Å². The quantitative estimate of drug-likeness (QED) is 0.336. The highest BCUT2D eigenvalue weighted by Crippen LogP contribution is 2.38. The highest BCUT2D eigenvalue weighted by atomic mass is 79.9. The Morgan fingerprint density at radius 1 is 1.21 bits per heavy atom. The van der Waals surface area contributed by atoms with Gasteiger partial charge in [0.2, 0.25) is 5.91 Å². The number of halogens is 3. The van der Waals surface area contributed by atoms with Crippen molar-refractivity contribution in [3.63, 3.8) is 0 Å². The summed E-state index contributed by atoms with van der Waals surface area (Å²) in [6.45, 7) is -0.532. The molecule has 0 bridgehead atoms. The Kier molecular flexibility index (Phi) is 7.28. The number of benzene rings is 2. The van der Waals surface area contributed by atoms with Crippen molar-refractivity contribution in [2.75, 3.05) is 11.9 Å². The summed E-state index contributed by atoms with van der Waals surface area (Å²) < 4.78 is 20.2. The first kappa shape index (κ1) is 23.6. The zero-order valence-electron chi connectivity index (χ0n) is 16.5. The van der Waals surface area contributed by atoms with E-state index in [0.29, 0.717) is 32.1 Å². The molecule has 1 aliphatic heterocycles. The molecule has 33 heavy (non-hydrogen) atoms. The van der Waals surface area contributed by atoms with E-state index in [0.717, 1.165) is 9.80 Å². The number of nitrogens with zero attached hydrogens (tertiary/aromatic N) is 1. The fourth-order valence-electron chi connectivity index (χ4n) is 2.78. The van der Waals surface area contributed by atoms with E-state index >= 15 is 0 Å². The summed E-state index contributed by atoms with van der Waals surface area (Å²) in [5, 5.41) is 2.94. The lowest BCUT2D eigenvalue weighted by Gasteiger charge is -2.12. The minimum Gasteiger partial charge on any atom is -0.449 e. The standard InChI is InChI=1S/C22H13BrClFN2O4S2/c23-15-9-13(31-21(15)32-14-7-5-12(24)6-8-14)10-18-20(29)27(22(30)33-18)11-19(28)26-17-4-2-1-3-16(17)25/h1-10H,11H2,(H,26,28)/b18-10-. The van der Waals surface area contributed by atoms with Crippen LogP contribution in [0.4, 0.5) is 14.9 Å². The normalized spacial score (nSPS) is 14.9. The molecule has 11 heteroatoms. The van der Waals surface area contributed by atoms with Gasteiger partial charge in [0.05, 0.1) is 15.1 Å². The summed E-state index contributed by atoms with van der Waals surface area (Å²) in [4.78, 5) is 39.0. The van der Waals surface area contributed by atoms with Crippen LogP contribution in [0.2, 0.25) is 5.02 Å². The van der Waals surface area contributed by atoms with Gasteiger partial charge in [0, 0.05) is 16.0 Å². The minimum atomic E-state index is -0.689. The van der Waals surface area contributed by atoms with Crippen LogP contribution in [0.5, 0.6) is 0 Å². The predicted octanol–water partition coefficient (Wildman–Crippen LogP) is 6.66. The van der Waals surface area contributed by atoms with Crippen LogP contribution in [-0.4, -0.2) is 28.5 Å². The summed E-state index contributed by atoms with van der Waals surface area (Å²) in [7, 11) is 0. The number of anilines is 1. The molecule has 1 aromatic heterocycles. The Hall–Kier alpha value is -2.53. The van der Waals surface area contributed by atoms with Crippen LogP contribution >= 0.6 is 51.1 Å². The Morgan fingerprint density at radius 2 is 1.94 bits per heavy atom.